The number of nitrogens with zero attached hydrogens (tertiary/aromatic N) is 3. The maximum absolute atomic E-state index is 11.8. The number of nitrogen functional groups attached to an aromatic ring is 1. The van der Waals surface area contributed by atoms with Gasteiger partial charge in [-0.1, -0.05) is 31.9 Å². The van der Waals surface area contributed by atoms with E-state index >= 15 is 0 Å². The molecule has 1 unspecified atom stereocenters. The summed E-state index contributed by atoms with van der Waals surface area (Å²) in [4.78, 5) is 18.6. The Morgan fingerprint density at radius 3 is 2.50 bits per heavy atom. The fraction of sp³-hybridized carbons (Fsp3) is 0.400. The van der Waals surface area contributed by atoms with Crippen molar-refractivity contribution in [3.05, 3.63) is 58.0 Å². The molecule has 1 aliphatic rings. The number of nitrogens with two attached hydrogens (primary N) is 2. The lowest BCUT2D eigenvalue weighted by Crippen LogP contribution is -2.32. The third-order valence-corrected chi connectivity index (χ3v) is 5.86. The molecule has 0 radical (unpaired) electrons. The highest BCUT2D eigenvalue weighted by molar-refractivity contribution is 6.14. The summed E-state index contributed by atoms with van der Waals surface area (Å²) in [6, 6.07) is 11.3. The van der Waals surface area contributed by atoms with E-state index in [1.165, 1.54) is 31.7 Å². The number of pyridine rings is 1. The van der Waals surface area contributed by atoms with Crippen LogP contribution in [0.5, 0.6) is 0 Å². The Hall–Kier alpha value is -3.93. The number of aromatic nitrogens is 1. The molecule has 9 heteroatoms. The summed E-state index contributed by atoms with van der Waals surface area (Å²) in [6.07, 6.45) is 8.92. The van der Waals surface area contributed by atoms with E-state index in [4.69, 9.17) is 22.1 Å². The van der Waals surface area contributed by atoms with E-state index in [1.807, 2.05) is 26.0 Å². The van der Waals surface area contributed by atoms with Crippen molar-refractivity contribution in [2.45, 2.75) is 52.0 Å². The van der Waals surface area contributed by atoms with Crippen molar-refractivity contribution in [1.82, 2.24) is 10.4 Å². The monoisotopic (exact) mass is 462 g/mol. The number of hydrogen-bond acceptors (Lipinski definition) is 7. The lowest BCUT2D eigenvalue weighted by molar-refractivity contribution is 0.313. The van der Waals surface area contributed by atoms with Gasteiger partial charge in [0, 0.05) is 24.0 Å². The molecule has 9 nitrogen and oxygen atoms in total. The highest BCUT2D eigenvalue weighted by atomic mass is 16.1. The van der Waals surface area contributed by atoms with Crippen LogP contribution >= 0.6 is 0 Å². The van der Waals surface area contributed by atoms with Crippen LogP contribution in [-0.4, -0.2) is 23.2 Å². The summed E-state index contributed by atoms with van der Waals surface area (Å²) in [7, 11) is 0. The maximum Gasteiger partial charge on any atom is 0.261 e. The molecule has 7 N–H and O–H groups in total. The van der Waals surface area contributed by atoms with Gasteiger partial charge in [-0.05, 0) is 56.4 Å². The molecule has 0 aliphatic heterocycles. The topological polar surface area (TPSA) is 169 Å². The third-order valence-electron chi connectivity index (χ3n) is 5.86. The smallest absolute Gasteiger partial charge is 0.261 e. The van der Waals surface area contributed by atoms with Crippen molar-refractivity contribution in [3.8, 4) is 6.07 Å². The zero-order chi connectivity index (χ0) is 25.1. The molecule has 0 spiro atoms. The number of nitrogens with one attached hydrogen (secondary N) is 3. The zero-order valence-corrected chi connectivity index (χ0v) is 20.0. The molecule has 3 rings (SSSR count). The molecule has 1 aromatic heterocycles. The molecule has 2 aromatic rings. The van der Waals surface area contributed by atoms with Crippen LogP contribution in [0.4, 0.5) is 11.4 Å². The van der Waals surface area contributed by atoms with Crippen LogP contribution in [0.1, 0.15) is 57.6 Å². The van der Waals surface area contributed by atoms with Crippen molar-refractivity contribution in [3.63, 3.8) is 0 Å². The lowest BCUT2D eigenvalue weighted by atomic mass is 9.81. The number of nitriles is 1. The molecule has 1 aromatic carbocycles. The fourth-order valence-electron chi connectivity index (χ4n) is 3.71. The van der Waals surface area contributed by atoms with Gasteiger partial charge in [0.05, 0.1) is 23.5 Å². The van der Waals surface area contributed by atoms with Gasteiger partial charge >= 0.3 is 0 Å². The minimum atomic E-state index is -0.422. The molecule has 1 heterocycles. The Morgan fingerprint density at radius 2 is 1.94 bits per heavy atom. The number of hydrogen-bond donors (Lipinski definition) is 5. The van der Waals surface area contributed by atoms with Gasteiger partial charge in [-0.2, -0.15) is 10.4 Å². The van der Waals surface area contributed by atoms with Crippen molar-refractivity contribution in [2.24, 2.45) is 27.7 Å². The summed E-state index contributed by atoms with van der Waals surface area (Å²) >= 11 is 0. The van der Waals surface area contributed by atoms with Gasteiger partial charge in [-0.3, -0.25) is 4.79 Å². The van der Waals surface area contributed by atoms with Crippen LogP contribution in [-0.2, 0) is 5.54 Å². The van der Waals surface area contributed by atoms with Crippen LogP contribution in [0, 0.1) is 28.6 Å². The van der Waals surface area contributed by atoms with Crippen LogP contribution in [0.2, 0.25) is 0 Å². The molecule has 1 fully saturated rings. The SMILES string of the molecule is CC(C)(N/N=C\C=N)c1ccc(N=C(N)c2c(N)cc[nH]c2=O)cc1.C[C@H]1CCCCC1C#N. The van der Waals surface area contributed by atoms with Crippen molar-refractivity contribution in [1.29, 1.82) is 10.7 Å². The molecule has 0 bridgehead atoms. The Bertz CT molecular complexity index is 1110. The van der Waals surface area contributed by atoms with E-state index in [1.54, 1.807) is 18.2 Å². The Labute approximate surface area is 200 Å². The summed E-state index contributed by atoms with van der Waals surface area (Å²) < 4.78 is 0. The second kappa shape index (κ2) is 12.3. The van der Waals surface area contributed by atoms with Gasteiger partial charge in [0.2, 0.25) is 0 Å². The van der Waals surface area contributed by atoms with Gasteiger partial charge in [-0.15, -0.1) is 0 Å². The highest BCUT2D eigenvalue weighted by Crippen LogP contribution is 2.28. The summed E-state index contributed by atoms with van der Waals surface area (Å²) in [5.74, 6) is 1.07. The van der Waals surface area contributed by atoms with Gasteiger partial charge in [-0.25, -0.2) is 4.99 Å². The van der Waals surface area contributed by atoms with Crippen molar-refractivity contribution in [2.75, 3.05) is 5.73 Å². The molecule has 0 amide bonds. The molecule has 180 valence electrons. The minimum absolute atomic E-state index is 0.0556. The Kier molecular flexibility index (Phi) is 9.56. The summed E-state index contributed by atoms with van der Waals surface area (Å²) in [6.45, 7) is 6.11. The number of rotatable bonds is 6. The van der Waals surface area contributed by atoms with Gasteiger partial charge < -0.3 is 27.3 Å². The first-order valence-corrected chi connectivity index (χ1v) is 11.3. The van der Waals surface area contributed by atoms with E-state index in [0.717, 1.165) is 18.2 Å². The number of hydrazone groups is 1. The average molecular weight is 463 g/mol. The first-order chi connectivity index (χ1) is 16.2. The van der Waals surface area contributed by atoms with E-state index in [9.17, 15) is 4.79 Å². The lowest BCUT2D eigenvalue weighted by Gasteiger charge is -2.24. The molecule has 1 saturated carbocycles. The molecule has 1 aliphatic carbocycles. The number of amidine groups is 1. The summed E-state index contributed by atoms with van der Waals surface area (Å²) in [5.41, 5.74) is 15.9. The maximum atomic E-state index is 11.8. The van der Waals surface area contributed by atoms with E-state index < -0.39 is 5.54 Å². The standard InChI is InChI=1S/C17H21N7O.C8H13N/c1-17(2,24-22-10-8-18)11-3-5-12(6-4-11)23-15(20)14-13(19)7-9-21-16(14)25;1-7-4-2-3-5-8(7)6-9/h3-10,18,24H,1-2H3,(H2,20,23)(H3,19,21,25);7-8H,2-5H2,1H3/b18-8?,22-10-;/t;7-,8?/m.0/s1. The first kappa shape index (κ1) is 26.3. The largest absolute Gasteiger partial charge is 0.398 e. The minimum Gasteiger partial charge on any atom is -0.398 e. The van der Waals surface area contributed by atoms with E-state index in [0.29, 0.717) is 17.5 Å². The van der Waals surface area contributed by atoms with Crippen LogP contribution in [0.25, 0.3) is 0 Å². The Balaban J connectivity index is 0.000000379. The predicted molar refractivity (Wildman–Crippen MR) is 138 cm³/mol. The zero-order valence-electron chi connectivity index (χ0n) is 20.0. The Morgan fingerprint density at radius 1 is 1.26 bits per heavy atom. The normalized spacial score (nSPS) is 18.5. The average Bonchev–Trinajstić information content (AvgIpc) is 2.80. The molecule has 34 heavy (non-hydrogen) atoms. The van der Waals surface area contributed by atoms with Crippen molar-refractivity contribution < 1.29 is 0 Å². The first-order valence-electron chi connectivity index (χ1n) is 11.3. The molecule has 2 atom stereocenters. The quantitative estimate of drug-likeness (QED) is 0.249. The van der Waals surface area contributed by atoms with Crippen LogP contribution in [0.15, 0.2) is 51.4 Å². The second-order valence-corrected chi connectivity index (χ2v) is 8.86. The van der Waals surface area contributed by atoms with Gasteiger partial charge in [0.1, 0.15) is 11.4 Å². The number of aromatic amines is 1. The highest BCUT2D eigenvalue weighted by Gasteiger charge is 2.20. The number of aliphatic imine (C=N–C) groups is 1. The van der Waals surface area contributed by atoms with Crippen LogP contribution in [0.3, 0.4) is 0 Å². The summed E-state index contributed by atoms with van der Waals surface area (Å²) in [5, 5.41) is 19.5. The van der Waals surface area contributed by atoms with E-state index in [-0.39, 0.29) is 22.6 Å². The van der Waals surface area contributed by atoms with Crippen LogP contribution < -0.4 is 22.5 Å². The number of anilines is 1. The second-order valence-electron chi connectivity index (χ2n) is 8.86. The predicted octanol–water partition coefficient (Wildman–Crippen LogP) is 3.79. The molecular weight excluding hydrogens is 428 g/mol. The molecule has 0 saturated heterocycles. The molecular formula is C25H34N8O. The third kappa shape index (κ3) is 7.30. The van der Waals surface area contributed by atoms with Gasteiger partial charge in [0.15, 0.2) is 0 Å². The number of benzene rings is 1. The number of H-pyrrole nitrogens is 1. The fourth-order valence-corrected chi connectivity index (χ4v) is 3.71. The van der Waals surface area contributed by atoms with Gasteiger partial charge in [0.25, 0.3) is 5.56 Å². The van der Waals surface area contributed by atoms with E-state index in [2.05, 4.69) is 33.5 Å². The van der Waals surface area contributed by atoms with Crippen molar-refractivity contribution >= 4 is 29.6 Å².